The van der Waals surface area contributed by atoms with Crippen molar-refractivity contribution < 1.29 is 28.6 Å². The summed E-state index contributed by atoms with van der Waals surface area (Å²) < 4.78 is 24.2. The minimum atomic E-state index is -0.939. The van der Waals surface area contributed by atoms with Gasteiger partial charge in [0, 0.05) is 11.3 Å². The number of nitrogens with zero attached hydrogens (tertiary/aromatic N) is 1. The molecular weight excluding hydrogens is 425 g/mol. The van der Waals surface area contributed by atoms with Gasteiger partial charge in [0.05, 0.1) is 25.3 Å². The van der Waals surface area contributed by atoms with E-state index in [4.69, 9.17) is 9.47 Å². The summed E-state index contributed by atoms with van der Waals surface area (Å²) in [4.78, 5) is 27.5. The van der Waals surface area contributed by atoms with Gasteiger partial charge >= 0.3 is 0 Å². The highest BCUT2D eigenvalue weighted by molar-refractivity contribution is 6.51. The Kier molecular flexibility index (Phi) is 6.13. The first-order valence-electron chi connectivity index (χ1n) is 10.4. The van der Waals surface area contributed by atoms with Crippen LogP contribution >= 0.6 is 0 Å². The number of carbonyl (C=O) groups excluding carboxylic acids is 2. The molecule has 0 spiro atoms. The maximum atomic E-state index is 13.6. The minimum Gasteiger partial charge on any atom is -0.507 e. The van der Waals surface area contributed by atoms with Gasteiger partial charge in [-0.15, -0.1) is 0 Å². The van der Waals surface area contributed by atoms with Gasteiger partial charge in [0.2, 0.25) is 0 Å². The number of halogens is 1. The molecule has 1 fully saturated rings. The van der Waals surface area contributed by atoms with Crippen molar-refractivity contribution in [3.63, 3.8) is 0 Å². The molecule has 0 bridgehead atoms. The highest BCUT2D eigenvalue weighted by Crippen LogP contribution is 2.42. The Bertz CT molecular complexity index is 1200. The van der Waals surface area contributed by atoms with E-state index in [1.807, 2.05) is 6.92 Å². The van der Waals surface area contributed by atoms with E-state index >= 15 is 0 Å². The van der Waals surface area contributed by atoms with Crippen LogP contribution in [0.2, 0.25) is 0 Å². The lowest BCUT2D eigenvalue weighted by Crippen LogP contribution is -2.29. The molecule has 1 saturated heterocycles. The van der Waals surface area contributed by atoms with Crippen molar-refractivity contribution in [2.75, 3.05) is 18.6 Å². The maximum Gasteiger partial charge on any atom is 0.300 e. The number of aliphatic hydroxyl groups excluding tert-OH is 1. The number of carbonyl (C=O) groups is 2. The molecule has 7 heteroatoms. The monoisotopic (exact) mass is 447 g/mol. The summed E-state index contributed by atoms with van der Waals surface area (Å²) in [5.41, 5.74) is 1.21. The molecule has 168 valence electrons. The number of Topliss-reactive ketones (excluding diaryl/α,β-unsaturated/α-hetero) is 1. The Morgan fingerprint density at radius 2 is 1.55 bits per heavy atom. The van der Waals surface area contributed by atoms with Gasteiger partial charge in [-0.1, -0.05) is 12.1 Å². The van der Waals surface area contributed by atoms with Gasteiger partial charge in [-0.25, -0.2) is 4.39 Å². The van der Waals surface area contributed by atoms with Crippen molar-refractivity contribution in [1.82, 2.24) is 0 Å². The van der Waals surface area contributed by atoms with Crippen LogP contribution in [-0.4, -0.2) is 30.5 Å². The minimum absolute atomic E-state index is 0.0772. The summed E-state index contributed by atoms with van der Waals surface area (Å²) in [6.45, 7) is 2.35. The average molecular weight is 447 g/mol. The lowest BCUT2D eigenvalue weighted by Gasteiger charge is -2.25. The van der Waals surface area contributed by atoms with Crippen LogP contribution in [0.15, 0.2) is 78.4 Å². The first kappa shape index (κ1) is 22.1. The second-order valence-electron chi connectivity index (χ2n) is 7.38. The van der Waals surface area contributed by atoms with E-state index in [9.17, 15) is 19.1 Å². The van der Waals surface area contributed by atoms with E-state index in [1.54, 1.807) is 48.5 Å². The van der Waals surface area contributed by atoms with Crippen LogP contribution in [0.1, 0.15) is 24.1 Å². The lowest BCUT2D eigenvalue weighted by atomic mass is 9.95. The van der Waals surface area contributed by atoms with Crippen molar-refractivity contribution in [2.45, 2.75) is 13.0 Å². The van der Waals surface area contributed by atoms with E-state index in [0.717, 1.165) is 0 Å². The predicted octanol–water partition coefficient (Wildman–Crippen LogP) is 4.86. The summed E-state index contributed by atoms with van der Waals surface area (Å²) >= 11 is 0. The standard InChI is InChI=1S/C26H22FNO5/c1-3-33-21-12-6-17(7-13-21)24(29)22-23(16-4-8-18(27)9-5-16)28(26(31)25(22)30)19-10-14-20(32-2)15-11-19/h4-15,23,29H,3H2,1-2H3/t23-/m1/s1. The molecule has 4 rings (SSSR count). The molecule has 1 aliphatic heterocycles. The Morgan fingerprint density at radius 1 is 0.939 bits per heavy atom. The zero-order valence-corrected chi connectivity index (χ0v) is 18.1. The quantitative estimate of drug-likeness (QED) is 0.332. The fourth-order valence-corrected chi connectivity index (χ4v) is 3.83. The Balaban J connectivity index is 1.86. The molecule has 0 radical (unpaired) electrons. The third-order valence-electron chi connectivity index (χ3n) is 5.42. The van der Waals surface area contributed by atoms with Crippen molar-refractivity contribution in [1.29, 1.82) is 0 Å². The van der Waals surface area contributed by atoms with Gasteiger partial charge in [0.1, 0.15) is 23.1 Å². The lowest BCUT2D eigenvalue weighted by molar-refractivity contribution is -0.132. The van der Waals surface area contributed by atoms with Crippen LogP contribution in [0.25, 0.3) is 5.76 Å². The molecule has 1 atom stereocenters. The molecule has 33 heavy (non-hydrogen) atoms. The molecule has 0 aliphatic carbocycles. The number of benzene rings is 3. The average Bonchev–Trinajstić information content (AvgIpc) is 3.10. The van der Waals surface area contributed by atoms with Crippen molar-refractivity contribution in [3.05, 3.63) is 95.3 Å². The normalized spacial score (nSPS) is 17.3. The fourth-order valence-electron chi connectivity index (χ4n) is 3.83. The van der Waals surface area contributed by atoms with Crippen LogP contribution in [0, 0.1) is 5.82 Å². The molecule has 1 heterocycles. The molecule has 0 unspecified atom stereocenters. The van der Waals surface area contributed by atoms with Crippen LogP contribution < -0.4 is 14.4 Å². The SMILES string of the molecule is CCOc1ccc(C(O)=C2C(=O)C(=O)N(c3ccc(OC)cc3)[C@@H]2c2ccc(F)cc2)cc1. The number of methoxy groups -OCH3 is 1. The Labute approximate surface area is 190 Å². The number of anilines is 1. The molecule has 1 N–H and O–H groups in total. The molecular formula is C26H22FNO5. The highest BCUT2D eigenvalue weighted by atomic mass is 19.1. The number of hydrogen-bond donors (Lipinski definition) is 1. The first-order valence-corrected chi connectivity index (χ1v) is 10.4. The summed E-state index contributed by atoms with van der Waals surface area (Å²) in [5.74, 6) is -1.19. The molecule has 0 aromatic heterocycles. The van der Waals surface area contributed by atoms with Gasteiger partial charge in [-0.2, -0.15) is 0 Å². The number of aliphatic hydroxyl groups is 1. The molecule has 3 aromatic carbocycles. The number of ketones is 1. The van der Waals surface area contributed by atoms with E-state index in [-0.39, 0.29) is 11.3 Å². The third-order valence-corrected chi connectivity index (χ3v) is 5.42. The predicted molar refractivity (Wildman–Crippen MR) is 122 cm³/mol. The molecule has 1 aliphatic rings. The third kappa shape index (κ3) is 4.17. The molecule has 1 amide bonds. The second-order valence-corrected chi connectivity index (χ2v) is 7.38. The van der Waals surface area contributed by atoms with Crippen LogP contribution in [-0.2, 0) is 9.59 Å². The Hall–Kier alpha value is -4.13. The van der Waals surface area contributed by atoms with Gasteiger partial charge < -0.3 is 14.6 Å². The van der Waals surface area contributed by atoms with Gasteiger partial charge in [0.15, 0.2) is 0 Å². The van der Waals surface area contributed by atoms with Gasteiger partial charge in [-0.05, 0) is 73.2 Å². The molecule has 0 saturated carbocycles. The zero-order chi connectivity index (χ0) is 23.5. The number of hydrogen-bond acceptors (Lipinski definition) is 5. The van der Waals surface area contributed by atoms with Crippen LogP contribution in [0.4, 0.5) is 10.1 Å². The van der Waals surface area contributed by atoms with E-state index in [0.29, 0.717) is 34.9 Å². The maximum absolute atomic E-state index is 13.6. The van der Waals surface area contributed by atoms with E-state index < -0.39 is 23.5 Å². The smallest absolute Gasteiger partial charge is 0.300 e. The summed E-state index contributed by atoms with van der Waals surface area (Å²) in [6.07, 6.45) is 0. The number of amides is 1. The van der Waals surface area contributed by atoms with Gasteiger partial charge in [-0.3, -0.25) is 14.5 Å². The number of rotatable bonds is 6. The van der Waals surface area contributed by atoms with Crippen molar-refractivity contribution in [3.8, 4) is 11.5 Å². The van der Waals surface area contributed by atoms with Crippen molar-refractivity contribution >= 4 is 23.1 Å². The summed E-state index contributed by atoms with van der Waals surface area (Å²) in [5, 5.41) is 11.1. The molecule has 6 nitrogen and oxygen atoms in total. The van der Waals surface area contributed by atoms with Crippen LogP contribution in [0.5, 0.6) is 11.5 Å². The number of ether oxygens (including phenoxy) is 2. The fraction of sp³-hybridized carbons (Fsp3) is 0.154. The zero-order valence-electron chi connectivity index (χ0n) is 18.1. The van der Waals surface area contributed by atoms with Crippen molar-refractivity contribution in [2.24, 2.45) is 0 Å². The Morgan fingerprint density at radius 3 is 2.12 bits per heavy atom. The highest BCUT2D eigenvalue weighted by Gasteiger charge is 2.47. The summed E-state index contributed by atoms with van der Waals surface area (Å²) in [6, 6.07) is 17.8. The van der Waals surface area contributed by atoms with Gasteiger partial charge in [0.25, 0.3) is 11.7 Å². The summed E-state index contributed by atoms with van der Waals surface area (Å²) in [7, 11) is 1.52. The topological polar surface area (TPSA) is 76.1 Å². The van der Waals surface area contributed by atoms with E-state index in [1.165, 1.54) is 36.3 Å². The molecule has 3 aromatic rings. The largest absolute Gasteiger partial charge is 0.507 e. The second kappa shape index (κ2) is 9.16. The van der Waals surface area contributed by atoms with Crippen LogP contribution in [0.3, 0.4) is 0 Å². The van der Waals surface area contributed by atoms with E-state index in [2.05, 4.69) is 0 Å². The first-order chi connectivity index (χ1) is 15.9.